The van der Waals surface area contributed by atoms with Crippen LogP contribution in [-0.4, -0.2) is 27.6 Å². The Kier molecular flexibility index (Phi) is 9.90. The van der Waals surface area contributed by atoms with Gasteiger partial charge in [-0.2, -0.15) is 0 Å². The van der Waals surface area contributed by atoms with Crippen LogP contribution in [0, 0.1) is 11.8 Å². The molecule has 0 fully saturated rings. The van der Waals surface area contributed by atoms with Gasteiger partial charge in [-0.05, 0) is 24.6 Å². The summed E-state index contributed by atoms with van der Waals surface area (Å²) in [5, 5.41) is 2.82. The van der Waals surface area contributed by atoms with Crippen molar-refractivity contribution < 1.29 is 15.0 Å². The maximum absolute atomic E-state index is 12.2. The predicted molar refractivity (Wildman–Crippen MR) is 93.2 cm³/mol. The summed E-state index contributed by atoms with van der Waals surface area (Å²) in [7, 11) is 0. The molecule has 1 atom stereocenters. The molecule has 0 radical (unpaired) electrons. The highest BCUT2D eigenvalue weighted by atomic mass is 16.5. The van der Waals surface area contributed by atoms with Gasteiger partial charge in [-0.1, -0.05) is 44.2 Å². The number of carbonyl (C=O) groups excluding carboxylic acids is 1. The summed E-state index contributed by atoms with van der Waals surface area (Å²) in [6.45, 7) is 8.22. The Hall–Kier alpha value is -2.54. The zero-order valence-corrected chi connectivity index (χ0v) is 14.5. The number of benzene rings is 1. The smallest absolute Gasteiger partial charge is 0.315 e. The summed E-state index contributed by atoms with van der Waals surface area (Å²) < 4.78 is 6.89. The molecule has 1 unspecified atom stereocenters. The number of imidazole rings is 1. The maximum Gasteiger partial charge on any atom is 0.315 e. The number of rotatable bonds is 6. The number of hydrogen-bond acceptors (Lipinski definition) is 5. The first-order chi connectivity index (χ1) is 11.2. The molecule has 132 valence electrons. The molecule has 0 saturated heterocycles. The lowest BCUT2D eigenvalue weighted by Crippen LogP contribution is -2.21. The number of nitrogens with zero attached hydrogens (tertiary/aromatic N) is 3. The maximum atomic E-state index is 12.2. The van der Waals surface area contributed by atoms with Crippen LogP contribution in [0.3, 0.4) is 0 Å². The molecule has 0 saturated carbocycles. The molecule has 2 N–H and O–H groups in total. The van der Waals surface area contributed by atoms with Gasteiger partial charge >= 0.3 is 5.97 Å². The van der Waals surface area contributed by atoms with E-state index in [1.54, 1.807) is 18.4 Å². The summed E-state index contributed by atoms with van der Waals surface area (Å²) in [5.41, 5.74) is 0.865. The zero-order chi connectivity index (χ0) is 17.2. The van der Waals surface area contributed by atoms with Crippen molar-refractivity contribution in [3.8, 4) is 0 Å². The zero-order valence-electron chi connectivity index (χ0n) is 14.5. The van der Waals surface area contributed by atoms with Gasteiger partial charge in [0, 0.05) is 6.54 Å². The van der Waals surface area contributed by atoms with Crippen LogP contribution in [0.5, 0.6) is 0 Å². The van der Waals surface area contributed by atoms with E-state index in [2.05, 4.69) is 10.2 Å². The first-order valence-electron chi connectivity index (χ1n) is 7.74. The monoisotopic (exact) mass is 335 g/mol. The van der Waals surface area contributed by atoms with Crippen LogP contribution in [0.4, 0.5) is 5.82 Å². The molecule has 7 nitrogen and oxygen atoms in total. The van der Waals surface area contributed by atoms with E-state index >= 15 is 0 Å². The number of carbonyl (C=O) groups is 1. The minimum absolute atomic E-state index is 0. The summed E-state index contributed by atoms with van der Waals surface area (Å²) in [6.07, 6.45) is 1.54. The van der Waals surface area contributed by atoms with Gasteiger partial charge in [0.2, 0.25) is 5.82 Å². The molecular weight excluding hydrogens is 310 g/mol. The second-order valence-corrected chi connectivity index (χ2v) is 4.61. The number of aryl methyl sites for hydroxylation is 1. The van der Waals surface area contributed by atoms with Gasteiger partial charge in [-0.15, -0.1) is 4.91 Å². The molecule has 2 rings (SSSR count). The van der Waals surface area contributed by atoms with Gasteiger partial charge in [0.25, 0.3) is 0 Å². The van der Waals surface area contributed by atoms with Crippen molar-refractivity contribution in [3.63, 3.8) is 0 Å². The Labute approximate surface area is 142 Å². The van der Waals surface area contributed by atoms with E-state index in [1.165, 1.54) is 6.20 Å². The first-order valence-corrected chi connectivity index (χ1v) is 7.74. The quantitative estimate of drug-likeness (QED) is 0.597. The Balaban J connectivity index is 0.00000170. The van der Waals surface area contributed by atoms with E-state index in [-0.39, 0.29) is 17.3 Å². The van der Waals surface area contributed by atoms with Crippen molar-refractivity contribution in [1.82, 2.24) is 9.55 Å². The molecule has 0 spiro atoms. The summed E-state index contributed by atoms with van der Waals surface area (Å²) >= 11 is 0. The number of esters is 1. The average molecular weight is 335 g/mol. The van der Waals surface area contributed by atoms with Crippen molar-refractivity contribution in [2.45, 2.75) is 40.2 Å². The third-order valence-electron chi connectivity index (χ3n) is 3.21. The summed E-state index contributed by atoms with van der Waals surface area (Å²) in [5.74, 6) is 0.00830. The fourth-order valence-corrected chi connectivity index (χ4v) is 2.16. The van der Waals surface area contributed by atoms with E-state index < -0.39 is 5.92 Å². The van der Waals surface area contributed by atoms with Crippen LogP contribution in [0.2, 0.25) is 0 Å². The summed E-state index contributed by atoms with van der Waals surface area (Å²) in [4.78, 5) is 26.8. The highest BCUT2D eigenvalue weighted by Gasteiger charge is 2.23. The molecule has 0 aliphatic rings. The third-order valence-corrected chi connectivity index (χ3v) is 3.21. The van der Waals surface area contributed by atoms with E-state index in [9.17, 15) is 9.70 Å². The lowest BCUT2D eigenvalue weighted by molar-refractivity contribution is -0.145. The largest absolute Gasteiger partial charge is 0.465 e. The van der Waals surface area contributed by atoms with Crippen molar-refractivity contribution in [2.24, 2.45) is 5.18 Å². The van der Waals surface area contributed by atoms with Crippen LogP contribution in [-0.2, 0) is 16.1 Å². The van der Waals surface area contributed by atoms with Crippen LogP contribution in [0.1, 0.15) is 38.1 Å². The second kappa shape index (κ2) is 11.1. The van der Waals surface area contributed by atoms with Crippen molar-refractivity contribution in [1.29, 1.82) is 0 Å². The van der Waals surface area contributed by atoms with Crippen LogP contribution >= 0.6 is 0 Å². The van der Waals surface area contributed by atoms with E-state index in [4.69, 9.17) is 4.74 Å². The molecule has 0 aliphatic heterocycles. The van der Waals surface area contributed by atoms with Crippen LogP contribution < -0.4 is 0 Å². The Morgan fingerprint density at radius 3 is 2.42 bits per heavy atom. The predicted octanol–water partition coefficient (Wildman–Crippen LogP) is 3.14. The van der Waals surface area contributed by atoms with E-state index in [0.717, 1.165) is 5.56 Å². The Morgan fingerprint density at radius 1 is 1.29 bits per heavy atom. The molecule has 0 bridgehead atoms. The summed E-state index contributed by atoms with van der Waals surface area (Å²) in [6, 6.07) is 9.41. The van der Waals surface area contributed by atoms with Crippen LogP contribution in [0.15, 0.2) is 41.7 Å². The highest BCUT2D eigenvalue weighted by Crippen LogP contribution is 2.22. The van der Waals surface area contributed by atoms with Gasteiger partial charge in [0.15, 0.2) is 0 Å². The topological polar surface area (TPSA) is 105 Å². The molecule has 1 heterocycles. The minimum atomic E-state index is -0.446. The van der Waals surface area contributed by atoms with Gasteiger partial charge in [0.1, 0.15) is 5.82 Å². The van der Waals surface area contributed by atoms with Crippen LogP contribution in [0.25, 0.3) is 0 Å². The molecule has 0 amide bonds. The van der Waals surface area contributed by atoms with Gasteiger partial charge in [0.05, 0.1) is 18.7 Å². The van der Waals surface area contributed by atoms with E-state index in [1.807, 2.05) is 44.2 Å². The SMILES string of the molecule is CC.CCOC(=O)C(Cn1cc(N=O)nc1C)c1ccccc1.O. The van der Waals surface area contributed by atoms with Crippen molar-refractivity contribution in [3.05, 3.63) is 52.8 Å². The van der Waals surface area contributed by atoms with E-state index in [0.29, 0.717) is 19.0 Å². The second-order valence-electron chi connectivity index (χ2n) is 4.61. The Bertz CT molecular complexity index is 626. The normalized spacial score (nSPS) is 10.7. The standard InChI is InChI=1S/C15H17N3O3.C2H6.H2O/c1-3-21-15(19)13(12-7-5-4-6-8-12)9-18-10-14(17-20)16-11(18)2;1-2;/h4-8,10,13H,3,9H2,1-2H3;1-2H3;1H2. The Morgan fingerprint density at radius 2 is 1.92 bits per heavy atom. The lowest BCUT2D eigenvalue weighted by Gasteiger charge is -2.17. The molecular formula is C17H25N3O4. The average Bonchev–Trinajstić information content (AvgIpc) is 2.95. The molecule has 1 aromatic heterocycles. The number of hydrogen-bond donors (Lipinski definition) is 0. The number of nitroso groups, excluding NO2 is 1. The fraction of sp³-hybridized carbons (Fsp3) is 0.412. The van der Waals surface area contributed by atoms with Crippen molar-refractivity contribution >= 4 is 11.8 Å². The van der Waals surface area contributed by atoms with Gasteiger partial charge in [-0.3, -0.25) is 4.79 Å². The minimum Gasteiger partial charge on any atom is -0.465 e. The molecule has 1 aromatic carbocycles. The van der Waals surface area contributed by atoms with Gasteiger partial charge < -0.3 is 14.8 Å². The molecule has 7 heteroatoms. The third kappa shape index (κ3) is 5.58. The number of aromatic nitrogens is 2. The molecule has 24 heavy (non-hydrogen) atoms. The lowest BCUT2D eigenvalue weighted by atomic mass is 9.99. The molecule has 0 aliphatic carbocycles. The van der Waals surface area contributed by atoms with Gasteiger partial charge in [-0.25, -0.2) is 4.98 Å². The molecule has 2 aromatic rings. The fourth-order valence-electron chi connectivity index (χ4n) is 2.16. The first kappa shape index (κ1) is 21.5. The highest BCUT2D eigenvalue weighted by molar-refractivity contribution is 5.78. The van der Waals surface area contributed by atoms with Crippen molar-refractivity contribution in [2.75, 3.05) is 6.61 Å². The number of ether oxygens (including phenoxy) is 1.